The zero-order chi connectivity index (χ0) is 17.7. The number of esters is 1. The number of hydrogen-bond donors (Lipinski definition) is 1. The molecule has 1 saturated heterocycles. The number of ether oxygens (including phenoxy) is 1. The molecule has 0 bridgehead atoms. The van der Waals surface area contributed by atoms with Crippen molar-refractivity contribution in [2.75, 3.05) is 25.0 Å². The number of benzene rings is 1. The quantitative estimate of drug-likeness (QED) is 0.859. The molecule has 6 heteroatoms. The van der Waals surface area contributed by atoms with Crippen LogP contribution in [-0.4, -0.2) is 42.4 Å². The summed E-state index contributed by atoms with van der Waals surface area (Å²) >= 11 is 0. The van der Waals surface area contributed by atoms with Crippen LogP contribution in [0.1, 0.15) is 37.6 Å². The summed E-state index contributed by atoms with van der Waals surface area (Å²) < 4.78 is 5.12. The summed E-state index contributed by atoms with van der Waals surface area (Å²) in [4.78, 5) is 36.9. The molecule has 0 aliphatic carbocycles. The number of likely N-dealkylation sites (tertiary alicyclic amines) is 1. The Morgan fingerprint density at radius 3 is 2.25 bits per heavy atom. The summed E-state index contributed by atoms with van der Waals surface area (Å²) in [5.74, 6) is 0.0535. The van der Waals surface area contributed by atoms with E-state index in [1.165, 1.54) is 6.92 Å². The number of amides is 2. The molecule has 0 spiro atoms. The molecule has 0 unspecified atom stereocenters. The number of nitrogens with zero attached hydrogens (tertiary/aromatic N) is 1. The Balaban J connectivity index is 1.86. The van der Waals surface area contributed by atoms with E-state index in [0.29, 0.717) is 36.2 Å². The molecule has 6 nitrogen and oxygen atoms in total. The Labute approximate surface area is 142 Å². The third-order valence-electron chi connectivity index (χ3n) is 3.99. The van der Waals surface area contributed by atoms with Gasteiger partial charge in [0, 0.05) is 25.7 Å². The van der Waals surface area contributed by atoms with E-state index in [-0.39, 0.29) is 18.4 Å². The minimum atomic E-state index is -0.546. The van der Waals surface area contributed by atoms with Gasteiger partial charge in [-0.2, -0.15) is 0 Å². The predicted octanol–water partition coefficient (Wildman–Crippen LogP) is 2.31. The lowest BCUT2D eigenvalue weighted by Gasteiger charge is -2.34. The Morgan fingerprint density at radius 2 is 1.71 bits per heavy atom. The highest BCUT2D eigenvalue weighted by molar-refractivity contribution is 5.93. The second kappa shape index (κ2) is 7.95. The molecule has 24 heavy (non-hydrogen) atoms. The fraction of sp³-hybridized carbons (Fsp3) is 0.500. The van der Waals surface area contributed by atoms with E-state index in [9.17, 15) is 14.4 Å². The average molecular weight is 332 g/mol. The summed E-state index contributed by atoms with van der Waals surface area (Å²) in [6.07, 6.45) is 1.12. The van der Waals surface area contributed by atoms with Crippen LogP contribution in [0, 0.1) is 11.8 Å². The van der Waals surface area contributed by atoms with Crippen LogP contribution in [0.2, 0.25) is 0 Å². The Hall–Kier alpha value is -2.37. The van der Waals surface area contributed by atoms with E-state index in [0.717, 1.165) is 6.42 Å². The SMILES string of the molecule is CC(=O)Nc1ccc(C(=O)OCC(=O)N2C[C@H](C)C[C@H](C)C2)cc1. The Bertz CT molecular complexity index is 602. The van der Waals surface area contributed by atoms with Crippen molar-refractivity contribution < 1.29 is 19.1 Å². The monoisotopic (exact) mass is 332 g/mol. The number of piperidine rings is 1. The lowest BCUT2D eigenvalue weighted by Crippen LogP contribution is -2.44. The van der Waals surface area contributed by atoms with Crippen LogP contribution < -0.4 is 5.32 Å². The first-order valence-corrected chi connectivity index (χ1v) is 8.17. The van der Waals surface area contributed by atoms with Crippen molar-refractivity contribution >= 4 is 23.5 Å². The van der Waals surface area contributed by atoms with Gasteiger partial charge in [-0.05, 0) is 42.5 Å². The smallest absolute Gasteiger partial charge is 0.338 e. The van der Waals surface area contributed by atoms with Gasteiger partial charge in [-0.25, -0.2) is 4.79 Å². The van der Waals surface area contributed by atoms with Crippen LogP contribution in [0.25, 0.3) is 0 Å². The molecule has 1 aromatic rings. The fourth-order valence-corrected chi connectivity index (χ4v) is 3.06. The topological polar surface area (TPSA) is 75.7 Å². The second-order valence-electron chi connectivity index (χ2n) is 6.58. The fourth-order valence-electron chi connectivity index (χ4n) is 3.06. The highest BCUT2D eigenvalue weighted by Gasteiger charge is 2.26. The normalized spacial score (nSPS) is 20.4. The van der Waals surface area contributed by atoms with E-state index in [2.05, 4.69) is 19.2 Å². The maximum atomic E-state index is 12.2. The molecule has 1 heterocycles. The van der Waals surface area contributed by atoms with Crippen molar-refractivity contribution in [3.63, 3.8) is 0 Å². The number of anilines is 1. The van der Waals surface area contributed by atoms with Crippen molar-refractivity contribution in [3.05, 3.63) is 29.8 Å². The van der Waals surface area contributed by atoms with E-state index in [1.54, 1.807) is 29.2 Å². The summed E-state index contributed by atoms with van der Waals surface area (Å²) in [5, 5.41) is 2.62. The van der Waals surface area contributed by atoms with Gasteiger partial charge >= 0.3 is 5.97 Å². The summed E-state index contributed by atoms with van der Waals surface area (Å²) in [7, 11) is 0. The molecule has 0 aromatic heterocycles. The molecule has 0 radical (unpaired) electrons. The van der Waals surface area contributed by atoms with Gasteiger partial charge in [-0.1, -0.05) is 13.8 Å². The first-order chi connectivity index (χ1) is 11.3. The summed E-state index contributed by atoms with van der Waals surface area (Å²) in [6, 6.07) is 6.36. The molecule has 1 N–H and O–H groups in total. The third kappa shape index (κ3) is 5.08. The third-order valence-corrected chi connectivity index (χ3v) is 3.99. The van der Waals surface area contributed by atoms with Crippen LogP contribution in [0.5, 0.6) is 0 Å². The first-order valence-electron chi connectivity index (χ1n) is 8.17. The predicted molar refractivity (Wildman–Crippen MR) is 90.6 cm³/mol. The van der Waals surface area contributed by atoms with Gasteiger partial charge in [0.05, 0.1) is 5.56 Å². The lowest BCUT2D eigenvalue weighted by molar-refractivity contribution is -0.137. The molecule has 1 aliphatic heterocycles. The standard InChI is InChI=1S/C18H24N2O4/c1-12-8-13(2)10-20(9-12)17(22)11-24-18(23)15-4-6-16(7-5-15)19-14(3)21/h4-7,12-13H,8-11H2,1-3H3,(H,19,21)/t12-,13+. The van der Waals surface area contributed by atoms with Crippen LogP contribution in [0.3, 0.4) is 0 Å². The van der Waals surface area contributed by atoms with Gasteiger partial charge in [-0.15, -0.1) is 0 Å². The molecular formula is C18H24N2O4. The zero-order valence-corrected chi connectivity index (χ0v) is 14.4. The molecular weight excluding hydrogens is 308 g/mol. The van der Waals surface area contributed by atoms with Gasteiger partial charge in [0.2, 0.25) is 5.91 Å². The Kier molecular flexibility index (Phi) is 5.95. The molecule has 0 saturated carbocycles. The van der Waals surface area contributed by atoms with E-state index >= 15 is 0 Å². The molecule has 130 valence electrons. The molecule has 2 atom stereocenters. The number of rotatable bonds is 4. The number of nitrogens with one attached hydrogen (secondary N) is 1. The van der Waals surface area contributed by atoms with Gasteiger partial charge in [0.25, 0.3) is 5.91 Å². The Morgan fingerprint density at radius 1 is 1.12 bits per heavy atom. The maximum absolute atomic E-state index is 12.2. The van der Waals surface area contributed by atoms with Crippen LogP contribution in [0.15, 0.2) is 24.3 Å². The molecule has 2 rings (SSSR count). The summed E-state index contributed by atoms with van der Waals surface area (Å²) in [6.45, 7) is 6.84. The number of carbonyl (C=O) groups is 3. The molecule has 2 amide bonds. The first kappa shape index (κ1) is 18.0. The minimum Gasteiger partial charge on any atom is -0.452 e. The number of carbonyl (C=O) groups excluding carboxylic acids is 3. The van der Waals surface area contributed by atoms with Crippen molar-refractivity contribution in [1.29, 1.82) is 0 Å². The highest BCUT2D eigenvalue weighted by Crippen LogP contribution is 2.21. The number of hydrogen-bond acceptors (Lipinski definition) is 4. The van der Waals surface area contributed by atoms with Crippen molar-refractivity contribution in [2.45, 2.75) is 27.2 Å². The molecule has 1 fully saturated rings. The van der Waals surface area contributed by atoms with Crippen molar-refractivity contribution in [1.82, 2.24) is 4.90 Å². The van der Waals surface area contributed by atoms with Gasteiger partial charge in [0.15, 0.2) is 6.61 Å². The lowest BCUT2D eigenvalue weighted by atomic mass is 9.92. The average Bonchev–Trinajstić information content (AvgIpc) is 2.51. The van der Waals surface area contributed by atoms with Crippen molar-refractivity contribution in [2.24, 2.45) is 11.8 Å². The zero-order valence-electron chi connectivity index (χ0n) is 14.4. The molecule has 1 aromatic carbocycles. The maximum Gasteiger partial charge on any atom is 0.338 e. The van der Waals surface area contributed by atoms with Gasteiger partial charge < -0.3 is 15.0 Å². The van der Waals surface area contributed by atoms with Crippen LogP contribution in [-0.2, 0) is 14.3 Å². The van der Waals surface area contributed by atoms with E-state index in [1.807, 2.05) is 0 Å². The van der Waals surface area contributed by atoms with Crippen LogP contribution >= 0.6 is 0 Å². The minimum absolute atomic E-state index is 0.156. The second-order valence-corrected chi connectivity index (χ2v) is 6.58. The van der Waals surface area contributed by atoms with Crippen LogP contribution in [0.4, 0.5) is 5.69 Å². The summed E-state index contributed by atoms with van der Waals surface area (Å²) in [5.41, 5.74) is 0.948. The largest absolute Gasteiger partial charge is 0.452 e. The highest BCUT2D eigenvalue weighted by atomic mass is 16.5. The van der Waals surface area contributed by atoms with Gasteiger partial charge in [0.1, 0.15) is 0 Å². The molecule has 1 aliphatic rings. The van der Waals surface area contributed by atoms with E-state index < -0.39 is 5.97 Å². The van der Waals surface area contributed by atoms with E-state index in [4.69, 9.17) is 4.74 Å². The van der Waals surface area contributed by atoms with Gasteiger partial charge in [-0.3, -0.25) is 9.59 Å². The van der Waals surface area contributed by atoms with Crippen molar-refractivity contribution in [3.8, 4) is 0 Å².